The van der Waals surface area contributed by atoms with E-state index < -0.39 is 17.3 Å². The molecular formula is C14H22FNO2S. The lowest BCUT2D eigenvalue weighted by Crippen LogP contribution is -2.37. The number of halogens is 1. The van der Waals surface area contributed by atoms with Gasteiger partial charge >= 0.3 is 0 Å². The summed E-state index contributed by atoms with van der Waals surface area (Å²) in [5.74, 6) is -0.318. The first-order chi connectivity index (χ1) is 8.88. The van der Waals surface area contributed by atoms with E-state index in [4.69, 9.17) is 4.55 Å². The summed E-state index contributed by atoms with van der Waals surface area (Å²) in [5, 5.41) is 0. The van der Waals surface area contributed by atoms with Crippen LogP contribution in [0.4, 0.5) is 4.39 Å². The van der Waals surface area contributed by atoms with Gasteiger partial charge in [0.05, 0.1) is 5.75 Å². The first-order valence-electron chi connectivity index (χ1n) is 6.35. The Labute approximate surface area is 117 Å². The van der Waals surface area contributed by atoms with E-state index in [1.807, 2.05) is 25.8 Å². The highest BCUT2D eigenvalue weighted by molar-refractivity contribution is 7.79. The van der Waals surface area contributed by atoms with Gasteiger partial charge in [-0.15, -0.1) is 0 Å². The van der Waals surface area contributed by atoms with Crippen LogP contribution in [0.3, 0.4) is 0 Å². The molecule has 19 heavy (non-hydrogen) atoms. The maximum absolute atomic E-state index is 13.5. The first kappa shape index (κ1) is 16.3. The number of likely N-dealkylation sites (N-methyl/N-ethyl adjacent to an activating group) is 1. The third-order valence-electron chi connectivity index (χ3n) is 3.21. The van der Waals surface area contributed by atoms with Crippen LogP contribution < -0.4 is 0 Å². The number of alkyl halides is 1. The largest absolute Gasteiger partial charge is 0.306 e. The lowest BCUT2D eigenvalue weighted by Gasteiger charge is -2.26. The van der Waals surface area contributed by atoms with Gasteiger partial charge in [0.1, 0.15) is 6.17 Å². The van der Waals surface area contributed by atoms with E-state index in [9.17, 15) is 8.60 Å². The molecule has 5 heteroatoms. The molecule has 1 aromatic carbocycles. The minimum Gasteiger partial charge on any atom is -0.306 e. The van der Waals surface area contributed by atoms with Gasteiger partial charge in [-0.3, -0.25) is 0 Å². The van der Waals surface area contributed by atoms with Crippen LogP contribution in [0.1, 0.15) is 18.1 Å². The molecule has 0 saturated heterocycles. The summed E-state index contributed by atoms with van der Waals surface area (Å²) in [5.41, 5.74) is 2.44. The zero-order valence-corrected chi connectivity index (χ0v) is 12.5. The fourth-order valence-electron chi connectivity index (χ4n) is 1.92. The van der Waals surface area contributed by atoms with Crippen LogP contribution in [-0.4, -0.2) is 45.2 Å². The molecule has 0 aliphatic rings. The molecule has 0 aliphatic carbocycles. The number of aryl methyl sites for hydroxylation is 1. The van der Waals surface area contributed by atoms with Crippen LogP contribution in [0.5, 0.6) is 0 Å². The van der Waals surface area contributed by atoms with E-state index in [1.165, 1.54) is 11.1 Å². The van der Waals surface area contributed by atoms with Gasteiger partial charge in [0, 0.05) is 12.6 Å². The Morgan fingerprint density at radius 1 is 1.37 bits per heavy atom. The van der Waals surface area contributed by atoms with Crippen molar-refractivity contribution in [3.8, 4) is 0 Å². The SMILES string of the molecule is Cc1ccc(CC(C)N(C)CC(F)CS(=O)O)cc1. The Bertz CT molecular complexity index is 410. The van der Waals surface area contributed by atoms with Crippen LogP contribution in [0.15, 0.2) is 24.3 Å². The normalized spacial score (nSPS) is 16.3. The summed E-state index contributed by atoms with van der Waals surface area (Å²) < 4.78 is 32.6. The van der Waals surface area contributed by atoms with Crippen molar-refractivity contribution in [2.24, 2.45) is 0 Å². The number of hydrogen-bond donors (Lipinski definition) is 1. The highest BCUT2D eigenvalue weighted by Gasteiger charge is 2.17. The van der Waals surface area contributed by atoms with Crippen molar-refractivity contribution in [1.82, 2.24) is 4.90 Å². The molecule has 0 saturated carbocycles. The number of hydrogen-bond acceptors (Lipinski definition) is 2. The Morgan fingerprint density at radius 3 is 2.47 bits per heavy atom. The molecule has 3 atom stereocenters. The maximum atomic E-state index is 13.5. The number of rotatable bonds is 7. The molecule has 3 unspecified atom stereocenters. The number of nitrogens with zero attached hydrogens (tertiary/aromatic N) is 1. The van der Waals surface area contributed by atoms with Crippen LogP contribution in [0.25, 0.3) is 0 Å². The molecule has 1 N–H and O–H groups in total. The number of benzene rings is 1. The summed E-state index contributed by atoms with van der Waals surface area (Å²) in [4.78, 5) is 1.89. The van der Waals surface area contributed by atoms with Crippen LogP contribution in [-0.2, 0) is 17.5 Å². The summed E-state index contributed by atoms with van der Waals surface area (Å²) in [7, 11) is 1.84. The average Bonchev–Trinajstić information content (AvgIpc) is 2.30. The van der Waals surface area contributed by atoms with Gasteiger partial charge in [0.25, 0.3) is 0 Å². The second-order valence-electron chi connectivity index (χ2n) is 5.06. The summed E-state index contributed by atoms with van der Waals surface area (Å²) in [6.45, 7) is 4.25. The maximum Gasteiger partial charge on any atom is 0.155 e. The van der Waals surface area contributed by atoms with E-state index >= 15 is 0 Å². The Balaban J connectivity index is 2.46. The smallest absolute Gasteiger partial charge is 0.155 e. The fourth-order valence-corrected chi connectivity index (χ4v) is 2.34. The highest BCUT2D eigenvalue weighted by Crippen LogP contribution is 2.10. The Morgan fingerprint density at radius 2 is 1.95 bits per heavy atom. The molecule has 0 fully saturated rings. The third kappa shape index (κ3) is 6.27. The van der Waals surface area contributed by atoms with E-state index in [1.54, 1.807) is 0 Å². The predicted molar refractivity (Wildman–Crippen MR) is 77.5 cm³/mol. The van der Waals surface area contributed by atoms with Crippen molar-refractivity contribution in [1.29, 1.82) is 0 Å². The summed E-state index contributed by atoms with van der Waals surface area (Å²) in [6, 6.07) is 8.47. The summed E-state index contributed by atoms with van der Waals surface area (Å²) >= 11 is -2.07. The van der Waals surface area contributed by atoms with E-state index in [2.05, 4.69) is 24.3 Å². The fraction of sp³-hybridized carbons (Fsp3) is 0.571. The average molecular weight is 287 g/mol. The topological polar surface area (TPSA) is 40.5 Å². The monoisotopic (exact) mass is 287 g/mol. The van der Waals surface area contributed by atoms with Crippen LogP contribution in [0.2, 0.25) is 0 Å². The standard InChI is InChI=1S/C14H22FNO2S/c1-11-4-6-13(7-5-11)8-12(2)16(3)9-14(15)10-19(17)18/h4-7,12,14H,8-10H2,1-3H3,(H,17,18). The minimum absolute atomic E-state index is 0.180. The third-order valence-corrected chi connectivity index (χ3v) is 3.86. The zero-order valence-electron chi connectivity index (χ0n) is 11.7. The second kappa shape index (κ2) is 7.72. The Kier molecular flexibility index (Phi) is 6.62. The lowest BCUT2D eigenvalue weighted by molar-refractivity contribution is 0.192. The molecule has 0 spiro atoms. The predicted octanol–water partition coefficient (Wildman–Crippen LogP) is 2.42. The molecule has 108 valence electrons. The van der Waals surface area contributed by atoms with Gasteiger partial charge < -0.3 is 9.45 Å². The van der Waals surface area contributed by atoms with Crippen molar-refractivity contribution in [2.45, 2.75) is 32.5 Å². The molecule has 0 radical (unpaired) electrons. The molecule has 3 nitrogen and oxygen atoms in total. The molecule has 0 aliphatic heterocycles. The first-order valence-corrected chi connectivity index (χ1v) is 7.63. The van der Waals surface area contributed by atoms with Gasteiger partial charge in [-0.1, -0.05) is 29.8 Å². The van der Waals surface area contributed by atoms with Gasteiger partial charge in [0.15, 0.2) is 11.1 Å². The lowest BCUT2D eigenvalue weighted by atomic mass is 10.0. The van der Waals surface area contributed by atoms with E-state index in [-0.39, 0.29) is 18.3 Å². The minimum atomic E-state index is -2.07. The van der Waals surface area contributed by atoms with Gasteiger partial charge in [-0.25, -0.2) is 8.60 Å². The molecule has 0 amide bonds. The van der Waals surface area contributed by atoms with Crippen LogP contribution in [0, 0.1) is 6.92 Å². The van der Waals surface area contributed by atoms with Crippen LogP contribution >= 0.6 is 0 Å². The van der Waals surface area contributed by atoms with Gasteiger partial charge in [0.2, 0.25) is 0 Å². The van der Waals surface area contributed by atoms with Crippen molar-refractivity contribution in [3.05, 3.63) is 35.4 Å². The van der Waals surface area contributed by atoms with Crippen molar-refractivity contribution in [3.63, 3.8) is 0 Å². The van der Waals surface area contributed by atoms with Gasteiger partial charge in [-0.05, 0) is 32.9 Å². The summed E-state index contributed by atoms with van der Waals surface area (Å²) in [6.07, 6.45) is -0.428. The van der Waals surface area contributed by atoms with E-state index in [0.717, 1.165) is 6.42 Å². The molecule has 1 aromatic rings. The molecule has 1 rings (SSSR count). The van der Waals surface area contributed by atoms with Gasteiger partial charge in [-0.2, -0.15) is 0 Å². The Hall–Kier alpha value is -0.780. The molecule has 0 bridgehead atoms. The molecular weight excluding hydrogens is 265 g/mol. The molecule has 0 aromatic heterocycles. The van der Waals surface area contributed by atoms with E-state index in [0.29, 0.717) is 0 Å². The highest BCUT2D eigenvalue weighted by atomic mass is 32.2. The second-order valence-corrected chi connectivity index (χ2v) is 6.04. The van der Waals surface area contributed by atoms with Crippen molar-refractivity contribution in [2.75, 3.05) is 19.3 Å². The zero-order chi connectivity index (χ0) is 14.4. The molecule has 0 heterocycles. The van der Waals surface area contributed by atoms with Crippen molar-refractivity contribution < 1.29 is 13.2 Å². The quantitative estimate of drug-likeness (QED) is 0.783. The van der Waals surface area contributed by atoms with Crippen molar-refractivity contribution >= 4 is 11.1 Å².